The number of morpholine rings is 1. The predicted molar refractivity (Wildman–Crippen MR) is 84.2 cm³/mol. The van der Waals surface area contributed by atoms with Crippen LogP contribution in [0.5, 0.6) is 0 Å². The van der Waals surface area contributed by atoms with E-state index in [2.05, 4.69) is 26.3 Å². The Labute approximate surface area is 129 Å². The summed E-state index contributed by atoms with van der Waals surface area (Å²) in [5, 5.41) is 12.7. The van der Waals surface area contributed by atoms with E-state index >= 15 is 0 Å². The van der Waals surface area contributed by atoms with Crippen molar-refractivity contribution < 1.29 is 4.74 Å². The monoisotopic (exact) mass is 295 g/mol. The van der Waals surface area contributed by atoms with Crippen LogP contribution < -0.4 is 10.2 Å². The van der Waals surface area contributed by atoms with Crippen LogP contribution in [0, 0.1) is 18.3 Å². The van der Waals surface area contributed by atoms with E-state index in [1.807, 2.05) is 31.2 Å². The smallest absolute Gasteiger partial charge is 0.154 e. The normalized spacial score (nSPS) is 14.5. The molecule has 0 bridgehead atoms. The van der Waals surface area contributed by atoms with Crippen LogP contribution in [0.25, 0.3) is 0 Å². The number of rotatable bonds is 3. The highest BCUT2D eigenvalue weighted by Crippen LogP contribution is 2.26. The molecular weight excluding hydrogens is 278 g/mol. The predicted octanol–water partition coefficient (Wildman–Crippen LogP) is 2.24. The standard InChI is InChI=1S/C16H17N5O/c1-12-3-2-4-13(9-12)20-15-14(10-17)16(19-11-18-15)21-5-7-22-8-6-21/h2-4,9,11H,5-8H2,1H3,(H,18,19,20). The van der Waals surface area contributed by atoms with Gasteiger partial charge in [0.1, 0.15) is 18.0 Å². The molecule has 0 amide bonds. The van der Waals surface area contributed by atoms with Crippen LogP contribution in [0.1, 0.15) is 11.1 Å². The minimum Gasteiger partial charge on any atom is -0.378 e. The third kappa shape index (κ3) is 3.00. The van der Waals surface area contributed by atoms with Crippen LogP contribution in [0.3, 0.4) is 0 Å². The molecule has 0 radical (unpaired) electrons. The molecule has 0 spiro atoms. The Morgan fingerprint density at radius 2 is 2.09 bits per heavy atom. The highest BCUT2D eigenvalue weighted by atomic mass is 16.5. The van der Waals surface area contributed by atoms with E-state index in [1.165, 1.54) is 6.33 Å². The van der Waals surface area contributed by atoms with Crippen molar-refractivity contribution in [3.05, 3.63) is 41.7 Å². The van der Waals surface area contributed by atoms with E-state index in [0.717, 1.165) is 24.3 Å². The first kappa shape index (κ1) is 14.3. The minimum atomic E-state index is 0.464. The molecule has 0 saturated carbocycles. The number of benzene rings is 1. The summed E-state index contributed by atoms with van der Waals surface area (Å²) in [6.45, 7) is 4.78. The Morgan fingerprint density at radius 1 is 1.27 bits per heavy atom. The van der Waals surface area contributed by atoms with Crippen molar-refractivity contribution in [3.63, 3.8) is 0 Å². The molecule has 1 N–H and O–H groups in total. The average molecular weight is 295 g/mol. The second-order valence-electron chi connectivity index (χ2n) is 5.13. The Balaban J connectivity index is 1.93. The fourth-order valence-corrected chi connectivity index (χ4v) is 2.45. The first-order valence-electron chi connectivity index (χ1n) is 7.19. The summed E-state index contributed by atoms with van der Waals surface area (Å²) in [6.07, 6.45) is 1.49. The lowest BCUT2D eigenvalue weighted by Crippen LogP contribution is -2.37. The van der Waals surface area contributed by atoms with Gasteiger partial charge in [-0.05, 0) is 24.6 Å². The summed E-state index contributed by atoms with van der Waals surface area (Å²) in [4.78, 5) is 10.6. The molecule has 6 heteroatoms. The topological polar surface area (TPSA) is 74.1 Å². The number of anilines is 3. The molecule has 0 unspecified atom stereocenters. The van der Waals surface area contributed by atoms with Gasteiger partial charge < -0.3 is 15.0 Å². The molecule has 1 aliphatic rings. The van der Waals surface area contributed by atoms with Crippen molar-refractivity contribution in [1.82, 2.24) is 9.97 Å². The van der Waals surface area contributed by atoms with Crippen molar-refractivity contribution in [2.24, 2.45) is 0 Å². The lowest BCUT2D eigenvalue weighted by molar-refractivity contribution is 0.122. The zero-order valence-electron chi connectivity index (χ0n) is 12.4. The maximum absolute atomic E-state index is 9.53. The number of aromatic nitrogens is 2. The van der Waals surface area contributed by atoms with Gasteiger partial charge in [-0.2, -0.15) is 5.26 Å². The first-order chi connectivity index (χ1) is 10.8. The molecule has 1 aromatic heterocycles. The summed E-state index contributed by atoms with van der Waals surface area (Å²) >= 11 is 0. The van der Waals surface area contributed by atoms with Gasteiger partial charge in [-0.3, -0.25) is 0 Å². The minimum absolute atomic E-state index is 0.464. The molecule has 22 heavy (non-hydrogen) atoms. The molecule has 6 nitrogen and oxygen atoms in total. The summed E-state index contributed by atoms with van der Waals surface area (Å²) in [6, 6.07) is 10.2. The van der Waals surface area contributed by atoms with E-state index < -0.39 is 0 Å². The van der Waals surface area contributed by atoms with Gasteiger partial charge in [-0.25, -0.2) is 9.97 Å². The molecule has 3 rings (SSSR count). The lowest BCUT2D eigenvalue weighted by atomic mass is 10.2. The lowest BCUT2D eigenvalue weighted by Gasteiger charge is -2.28. The van der Waals surface area contributed by atoms with Crippen LogP contribution in [0.15, 0.2) is 30.6 Å². The Hall–Kier alpha value is -2.65. The van der Waals surface area contributed by atoms with Gasteiger partial charge in [-0.1, -0.05) is 12.1 Å². The van der Waals surface area contributed by atoms with Crippen LogP contribution in [-0.4, -0.2) is 36.3 Å². The van der Waals surface area contributed by atoms with Crippen molar-refractivity contribution in [2.45, 2.75) is 6.92 Å². The molecule has 1 saturated heterocycles. The fourth-order valence-electron chi connectivity index (χ4n) is 2.45. The number of nitrogens with zero attached hydrogens (tertiary/aromatic N) is 4. The number of hydrogen-bond donors (Lipinski definition) is 1. The van der Waals surface area contributed by atoms with Crippen molar-refractivity contribution in [2.75, 3.05) is 36.5 Å². The Kier molecular flexibility index (Phi) is 4.17. The van der Waals surface area contributed by atoms with Crippen LogP contribution >= 0.6 is 0 Å². The van der Waals surface area contributed by atoms with Gasteiger partial charge in [0.2, 0.25) is 0 Å². The molecule has 112 valence electrons. The van der Waals surface area contributed by atoms with Crippen LogP contribution in [-0.2, 0) is 4.74 Å². The van der Waals surface area contributed by atoms with E-state index in [0.29, 0.717) is 30.4 Å². The SMILES string of the molecule is Cc1cccc(Nc2ncnc(N3CCOCC3)c2C#N)c1. The quantitative estimate of drug-likeness (QED) is 0.936. The van der Waals surface area contributed by atoms with Crippen LogP contribution in [0.2, 0.25) is 0 Å². The molecule has 1 fully saturated rings. The van der Waals surface area contributed by atoms with E-state index in [1.54, 1.807) is 0 Å². The summed E-state index contributed by atoms with van der Waals surface area (Å²) in [5.41, 5.74) is 2.51. The molecule has 0 aliphatic carbocycles. The van der Waals surface area contributed by atoms with E-state index in [4.69, 9.17) is 4.74 Å². The molecule has 1 aliphatic heterocycles. The van der Waals surface area contributed by atoms with E-state index in [-0.39, 0.29) is 0 Å². The summed E-state index contributed by atoms with van der Waals surface area (Å²) in [7, 11) is 0. The zero-order chi connectivity index (χ0) is 15.4. The highest BCUT2D eigenvalue weighted by molar-refractivity contribution is 5.70. The third-order valence-electron chi connectivity index (χ3n) is 3.53. The molecule has 2 heterocycles. The number of nitrogens with one attached hydrogen (secondary N) is 1. The van der Waals surface area contributed by atoms with Gasteiger partial charge in [0.25, 0.3) is 0 Å². The third-order valence-corrected chi connectivity index (χ3v) is 3.53. The zero-order valence-corrected chi connectivity index (χ0v) is 12.4. The molecule has 0 atom stereocenters. The number of aryl methyl sites for hydroxylation is 1. The van der Waals surface area contributed by atoms with Gasteiger partial charge in [0.15, 0.2) is 11.6 Å². The largest absolute Gasteiger partial charge is 0.378 e. The fraction of sp³-hybridized carbons (Fsp3) is 0.312. The van der Waals surface area contributed by atoms with Crippen molar-refractivity contribution in [3.8, 4) is 6.07 Å². The molecule has 2 aromatic rings. The Morgan fingerprint density at radius 3 is 2.82 bits per heavy atom. The maximum Gasteiger partial charge on any atom is 0.154 e. The van der Waals surface area contributed by atoms with Gasteiger partial charge >= 0.3 is 0 Å². The average Bonchev–Trinajstić information content (AvgIpc) is 2.55. The van der Waals surface area contributed by atoms with E-state index in [9.17, 15) is 5.26 Å². The first-order valence-corrected chi connectivity index (χ1v) is 7.19. The number of nitriles is 1. The van der Waals surface area contributed by atoms with Gasteiger partial charge in [-0.15, -0.1) is 0 Å². The second kappa shape index (κ2) is 6.41. The van der Waals surface area contributed by atoms with Crippen molar-refractivity contribution in [1.29, 1.82) is 5.26 Å². The number of ether oxygens (including phenoxy) is 1. The Bertz CT molecular complexity index is 704. The van der Waals surface area contributed by atoms with Crippen LogP contribution in [0.4, 0.5) is 17.3 Å². The number of hydrogen-bond acceptors (Lipinski definition) is 6. The van der Waals surface area contributed by atoms with Gasteiger partial charge in [0, 0.05) is 18.8 Å². The maximum atomic E-state index is 9.53. The second-order valence-corrected chi connectivity index (χ2v) is 5.13. The summed E-state index contributed by atoms with van der Waals surface area (Å²) in [5.74, 6) is 1.19. The molecule has 1 aromatic carbocycles. The van der Waals surface area contributed by atoms with Crippen molar-refractivity contribution >= 4 is 17.3 Å². The summed E-state index contributed by atoms with van der Waals surface area (Å²) < 4.78 is 5.35. The molecular formula is C16H17N5O. The van der Waals surface area contributed by atoms with Gasteiger partial charge in [0.05, 0.1) is 13.2 Å². The highest BCUT2D eigenvalue weighted by Gasteiger charge is 2.19.